The highest BCUT2D eigenvalue weighted by atomic mass is 32.2. The summed E-state index contributed by atoms with van der Waals surface area (Å²) in [6.45, 7) is 2.56. The Morgan fingerprint density at radius 2 is 1.96 bits per heavy atom. The zero-order chi connectivity index (χ0) is 19.4. The molecular formula is C19H20FN5OS. The number of aromatic nitrogens is 3. The van der Waals surface area contributed by atoms with E-state index in [4.69, 9.17) is 5.84 Å². The van der Waals surface area contributed by atoms with Gasteiger partial charge < -0.3 is 10.7 Å². The Labute approximate surface area is 161 Å². The molecule has 27 heavy (non-hydrogen) atoms. The number of aryl methyl sites for hydroxylation is 1. The molecule has 8 heteroatoms. The minimum absolute atomic E-state index is 0.0455. The van der Waals surface area contributed by atoms with Gasteiger partial charge in [0.2, 0.25) is 11.1 Å². The quantitative estimate of drug-likeness (QED) is 0.522. The third-order valence-corrected chi connectivity index (χ3v) is 4.97. The summed E-state index contributed by atoms with van der Waals surface area (Å²) in [5, 5.41) is 8.40. The van der Waals surface area contributed by atoms with Gasteiger partial charge in [-0.25, -0.2) is 9.07 Å². The largest absolute Gasteiger partial charge is 0.341 e. The average Bonchev–Trinajstić information content (AvgIpc) is 3.02. The molecule has 1 aromatic heterocycles. The van der Waals surface area contributed by atoms with Crippen LogP contribution in [-0.2, 0) is 11.3 Å². The van der Waals surface area contributed by atoms with Gasteiger partial charge >= 0.3 is 0 Å². The second kappa shape index (κ2) is 8.22. The number of thioether (sulfide) groups is 1. The summed E-state index contributed by atoms with van der Waals surface area (Å²) in [6, 6.07) is 14.0. The minimum Gasteiger partial charge on any atom is -0.341 e. The average molecular weight is 385 g/mol. The van der Waals surface area contributed by atoms with E-state index >= 15 is 0 Å². The molecule has 3 aromatic rings. The molecular weight excluding hydrogens is 365 g/mol. The number of nitrogen functional groups attached to an aromatic ring is 1. The predicted octanol–water partition coefficient (Wildman–Crippen LogP) is 2.86. The van der Waals surface area contributed by atoms with Crippen molar-refractivity contribution < 1.29 is 9.18 Å². The number of carbonyl (C=O) groups excluding carboxylic acids is 1. The third-order valence-electron chi connectivity index (χ3n) is 4.04. The van der Waals surface area contributed by atoms with Crippen LogP contribution in [0.1, 0.15) is 11.1 Å². The summed E-state index contributed by atoms with van der Waals surface area (Å²) in [5.74, 6) is 6.11. The van der Waals surface area contributed by atoms with Crippen LogP contribution >= 0.6 is 11.8 Å². The fourth-order valence-corrected chi connectivity index (χ4v) is 3.29. The van der Waals surface area contributed by atoms with Crippen molar-refractivity contribution in [2.24, 2.45) is 0 Å². The fourth-order valence-electron chi connectivity index (χ4n) is 2.49. The Kier molecular flexibility index (Phi) is 5.75. The maximum absolute atomic E-state index is 13.4. The third kappa shape index (κ3) is 4.65. The summed E-state index contributed by atoms with van der Waals surface area (Å²) in [5.41, 5.74) is 2.77. The fraction of sp³-hybridized carbons (Fsp3) is 0.211. The molecule has 3 rings (SSSR count). The van der Waals surface area contributed by atoms with E-state index in [1.807, 2.05) is 31.2 Å². The summed E-state index contributed by atoms with van der Waals surface area (Å²) in [6.07, 6.45) is 0. The molecule has 0 bridgehead atoms. The number of amides is 1. The number of halogens is 1. The summed E-state index contributed by atoms with van der Waals surface area (Å²) in [7, 11) is 1.76. The lowest BCUT2D eigenvalue weighted by Crippen LogP contribution is -2.28. The summed E-state index contributed by atoms with van der Waals surface area (Å²) < 4.78 is 14.7. The molecule has 0 unspecified atom stereocenters. The van der Waals surface area contributed by atoms with Crippen LogP contribution in [-0.4, -0.2) is 38.5 Å². The number of carbonyl (C=O) groups is 1. The van der Waals surface area contributed by atoms with Crippen molar-refractivity contribution in [3.63, 3.8) is 0 Å². The van der Waals surface area contributed by atoms with Gasteiger partial charge in [-0.15, -0.1) is 10.2 Å². The standard InChI is InChI=1S/C19H20FN5OS/c1-13-6-8-14(9-7-13)11-24(2)17(26)12-27-19-23-22-18(25(19)21)15-4-3-5-16(20)10-15/h3-10H,11-12,21H2,1-2H3. The van der Waals surface area contributed by atoms with Crippen molar-refractivity contribution in [2.45, 2.75) is 18.6 Å². The Balaban J connectivity index is 1.61. The molecule has 2 aromatic carbocycles. The first kappa shape index (κ1) is 18.9. The van der Waals surface area contributed by atoms with Gasteiger partial charge in [-0.3, -0.25) is 4.79 Å². The molecule has 0 saturated heterocycles. The smallest absolute Gasteiger partial charge is 0.233 e. The zero-order valence-electron chi connectivity index (χ0n) is 15.1. The first-order valence-corrected chi connectivity index (χ1v) is 9.31. The van der Waals surface area contributed by atoms with Crippen LogP contribution in [0.25, 0.3) is 11.4 Å². The lowest BCUT2D eigenvalue weighted by molar-refractivity contribution is -0.127. The molecule has 0 spiro atoms. The molecule has 140 valence electrons. The van der Waals surface area contributed by atoms with Gasteiger partial charge in [0.1, 0.15) is 5.82 Å². The van der Waals surface area contributed by atoms with Crippen molar-refractivity contribution in [1.29, 1.82) is 0 Å². The monoisotopic (exact) mass is 385 g/mol. The van der Waals surface area contributed by atoms with E-state index in [-0.39, 0.29) is 17.5 Å². The number of hydrogen-bond acceptors (Lipinski definition) is 5. The lowest BCUT2D eigenvalue weighted by Gasteiger charge is -2.17. The van der Waals surface area contributed by atoms with Crippen molar-refractivity contribution >= 4 is 17.7 Å². The summed E-state index contributed by atoms with van der Waals surface area (Å²) >= 11 is 1.20. The van der Waals surface area contributed by atoms with Gasteiger partial charge in [0, 0.05) is 19.2 Å². The topological polar surface area (TPSA) is 77.0 Å². The van der Waals surface area contributed by atoms with Crippen molar-refractivity contribution in [1.82, 2.24) is 19.8 Å². The molecule has 6 nitrogen and oxygen atoms in total. The molecule has 0 aliphatic heterocycles. The number of benzene rings is 2. The predicted molar refractivity (Wildman–Crippen MR) is 104 cm³/mol. The number of nitrogens with two attached hydrogens (primary N) is 1. The normalized spacial score (nSPS) is 10.8. The van der Waals surface area contributed by atoms with Crippen LogP contribution in [0.3, 0.4) is 0 Å². The van der Waals surface area contributed by atoms with E-state index in [0.29, 0.717) is 23.1 Å². The van der Waals surface area contributed by atoms with Crippen LogP contribution in [0.4, 0.5) is 4.39 Å². The van der Waals surface area contributed by atoms with Gasteiger partial charge in [0.25, 0.3) is 0 Å². The Hall–Kier alpha value is -2.87. The summed E-state index contributed by atoms with van der Waals surface area (Å²) in [4.78, 5) is 14.0. The molecule has 2 N–H and O–H groups in total. The van der Waals surface area contributed by atoms with Crippen LogP contribution in [0, 0.1) is 12.7 Å². The van der Waals surface area contributed by atoms with Crippen LogP contribution in [0.5, 0.6) is 0 Å². The Morgan fingerprint density at radius 1 is 1.22 bits per heavy atom. The van der Waals surface area contributed by atoms with Gasteiger partial charge in [0.15, 0.2) is 5.82 Å². The van der Waals surface area contributed by atoms with Crippen molar-refractivity contribution in [3.05, 3.63) is 65.5 Å². The maximum atomic E-state index is 13.4. The highest BCUT2D eigenvalue weighted by molar-refractivity contribution is 7.99. The molecule has 0 aliphatic rings. The number of nitrogens with zero attached hydrogens (tertiary/aromatic N) is 4. The van der Waals surface area contributed by atoms with E-state index in [1.165, 1.54) is 34.1 Å². The second-order valence-electron chi connectivity index (χ2n) is 6.21. The van der Waals surface area contributed by atoms with E-state index in [2.05, 4.69) is 10.2 Å². The molecule has 0 saturated carbocycles. The first-order valence-electron chi connectivity index (χ1n) is 8.33. The lowest BCUT2D eigenvalue weighted by atomic mass is 10.1. The maximum Gasteiger partial charge on any atom is 0.233 e. The molecule has 0 fully saturated rings. The second-order valence-corrected chi connectivity index (χ2v) is 7.15. The number of rotatable bonds is 6. The SMILES string of the molecule is Cc1ccc(CN(C)C(=O)CSc2nnc(-c3cccc(F)c3)n2N)cc1. The van der Waals surface area contributed by atoms with E-state index < -0.39 is 0 Å². The van der Waals surface area contributed by atoms with Crippen LogP contribution in [0.2, 0.25) is 0 Å². The van der Waals surface area contributed by atoms with Gasteiger partial charge in [-0.05, 0) is 24.6 Å². The van der Waals surface area contributed by atoms with Crippen LogP contribution in [0.15, 0.2) is 53.7 Å². The molecule has 0 radical (unpaired) electrons. The van der Waals surface area contributed by atoms with Gasteiger partial charge in [-0.2, -0.15) is 0 Å². The highest BCUT2D eigenvalue weighted by Crippen LogP contribution is 2.22. The minimum atomic E-state index is -0.377. The zero-order valence-corrected chi connectivity index (χ0v) is 15.9. The molecule has 1 amide bonds. The van der Waals surface area contributed by atoms with Gasteiger partial charge in [-0.1, -0.05) is 53.7 Å². The van der Waals surface area contributed by atoms with Crippen molar-refractivity contribution in [3.8, 4) is 11.4 Å². The first-order chi connectivity index (χ1) is 12.9. The molecule has 0 aliphatic carbocycles. The van der Waals surface area contributed by atoms with E-state index in [1.54, 1.807) is 24.1 Å². The van der Waals surface area contributed by atoms with E-state index in [9.17, 15) is 9.18 Å². The van der Waals surface area contributed by atoms with Crippen LogP contribution < -0.4 is 5.84 Å². The van der Waals surface area contributed by atoms with E-state index in [0.717, 1.165) is 5.56 Å². The Morgan fingerprint density at radius 3 is 2.67 bits per heavy atom. The highest BCUT2D eigenvalue weighted by Gasteiger charge is 2.16. The Bertz CT molecular complexity index is 942. The molecule has 0 atom stereocenters. The number of hydrogen-bond donors (Lipinski definition) is 1. The molecule has 1 heterocycles. The van der Waals surface area contributed by atoms with Gasteiger partial charge in [0.05, 0.1) is 5.75 Å². The van der Waals surface area contributed by atoms with Crippen molar-refractivity contribution in [2.75, 3.05) is 18.6 Å².